The molecule has 0 aliphatic heterocycles. The lowest BCUT2D eigenvalue weighted by atomic mass is 10.0. The van der Waals surface area contributed by atoms with Crippen molar-refractivity contribution in [2.45, 2.75) is 26.4 Å². The predicted molar refractivity (Wildman–Crippen MR) is 102 cm³/mol. The largest absolute Gasteiger partial charge is 0.475 e. The Balaban J connectivity index is 1.85. The molecule has 0 N–H and O–H groups in total. The third-order valence-corrected chi connectivity index (χ3v) is 4.05. The van der Waals surface area contributed by atoms with Crippen LogP contribution in [-0.2, 0) is 0 Å². The van der Waals surface area contributed by atoms with E-state index in [0.717, 1.165) is 11.3 Å². The molecule has 2 heteroatoms. The second-order valence-corrected chi connectivity index (χ2v) is 6.76. The van der Waals surface area contributed by atoms with E-state index in [0.29, 0.717) is 5.02 Å². The van der Waals surface area contributed by atoms with Crippen molar-refractivity contribution in [1.82, 2.24) is 0 Å². The molecule has 0 fully saturated rings. The van der Waals surface area contributed by atoms with Crippen molar-refractivity contribution in [3.05, 3.63) is 76.8 Å². The Labute approximate surface area is 148 Å². The number of fused-ring (bicyclic) bond motifs is 1. The van der Waals surface area contributed by atoms with Gasteiger partial charge in [-0.05, 0) is 73.5 Å². The fourth-order valence-corrected chi connectivity index (χ4v) is 2.68. The first-order chi connectivity index (χ1) is 11.4. The quantitative estimate of drug-likeness (QED) is 0.521. The Hall–Kier alpha value is -2.43. The highest BCUT2D eigenvalue weighted by molar-refractivity contribution is 6.30. The van der Waals surface area contributed by atoms with Gasteiger partial charge >= 0.3 is 0 Å². The van der Waals surface area contributed by atoms with E-state index in [4.69, 9.17) is 16.3 Å². The zero-order chi connectivity index (χ0) is 17.2. The lowest BCUT2D eigenvalue weighted by Gasteiger charge is -2.20. The standard InChI is InChI=1S/C22H19ClO/c1-16-5-4-6-18-8-7-17(15-21(16)18)13-14-22(2,3)24-20-11-9-19(23)10-12-20/h4-12,15H,1-3H3. The summed E-state index contributed by atoms with van der Waals surface area (Å²) >= 11 is 5.90. The molecule has 0 radical (unpaired) electrons. The number of hydrogen-bond acceptors (Lipinski definition) is 1. The van der Waals surface area contributed by atoms with Crippen LogP contribution in [0, 0.1) is 18.8 Å². The van der Waals surface area contributed by atoms with Crippen LogP contribution in [0.5, 0.6) is 5.75 Å². The number of halogens is 1. The summed E-state index contributed by atoms with van der Waals surface area (Å²) in [5.41, 5.74) is 1.66. The fourth-order valence-electron chi connectivity index (χ4n) is 2.55. The summed E-state index contributed by atoms with van der Waals surface area (Å²) in [6.45, 7) is 6.04. The average Bonchev–Trinajstić information content (AvgIpc) is 2.56. The van der Waals surface area contributed by atoms with Crippen molar-refractivity contribution in [3.8, 4) is 17.6 Å². The van der Waals surface area contributed by atoms with Gasteiger partial charge in [0.05, 0.1) is 0 Å². The minimum atomic E-state index is -0.589. The highest BCUT2D eigenvalue weighted by Crippen LogP contribution is 2.22. The lowest BCUT2D eigenvalue weighted by molar-refractivity contribution is 0.172. The summed E-state index contributed by atoms with van der Waals surface area (Å²) < 4.78 is 5.96. The summed E-state index contributed by atoms with van der Waals surface area (Å²) in [5.74, 6) is 7.21. The van der Waals surface area contributed by atoms with E-state index in [1.54, 1.807) is 0 Å². The molecule has 0 unspecified atom stereocenters. The molecule has 24 heavy (non-hydrogen) atoms. The topological polar surface area (TPSA) is 9.23 Å². The van der Waals surface area contributed by atoms with Crippen LogP contribution in [0.1, 0.15) is 25.0 Å². The summed E-state index contributed by atoms with van der Waals surface area (Å²) in [4.78, 5) is 0. The van der Waals surface area contributed by atoms with Gasteiger partial charge in [-0.1, -0.05) is 47.7 Å². The van der Waals surface area contributed by atoms with E-state index in [1.165, 1.54) is 16.3 Å². The van der Waals surface area contributed by atoms with Crippen molar-refractivity contribution in [3.63, 3.8) is 0 Å². The van der Waals surface area contributed by atoms with Crippen molar-refractivity contribution in [2.75, 3.05) is 0 Å². The third kappa shape index (κ3) is 3.91. The molecule has 0 aromatic heterocycles. The number of aryl methyl sites for hydroxylation is 1. The zero-order valence-corrected chi connectivity index (χ0v) is 14.8. The number of rotatable bonds is 2. The van der Waals surface area contributed by atoms with Crippen LogP contribution in [-0.4, -0.2) is 5.60 Å². The van der Waals surface area contributed by atoms with Crippen LogP contribution < -0.4 is 4.74 Å². The number of benzene rings is 3. The Morgan fingerprint density at radius 1 is 0.958 bits per heavy atom. The number of hydrogen-bond donors (Lipinski definition) is 0. The maximum Gasteiger partial charge on any atom is 0.164 e. The van der Waals surface area contributed by atoms with Crippen LogP contribution in [0.2, 0.25) is 5.02 Å². The smallest absolute Gasteiger partial charge is 0.164 e. The molecule has 0 aliphatic carbocycles. The van der Waals surface area contributed by atoms with Crippen molar-refractivity contribution >= 4 is 22.4 Å². The molecule has 0 amide bonds. The normalized spacial score (nSPS) is 11.0. The maximum absolute atomic E-state index is 5.96. The minimum Gasteiger partial charge on any atom is -0.475 e. The monoisotopic (exact) mass is 334 g/mol. The van der Waals surface area contributed by atoms with Crippen molar-refractivity contribution < 1.29 is 4.74 Å². The van der Waals surface area contributed by atoms with Crippen LogP contribution in [0.25, 0.3) is 10.8 Å². The molecule has 0 bridgehead atoms. The second kappa shape index (κ2) is 6.59. The molecule has 3 aromatic rings. The molecule has 1 nitrogen and oxygen atoms in total. The van der Waals surface area contributed by atoms with E-state index in [9.17, 15) is 0 Å². The molecule has 0 aliphatic rings. The van der Waals surface area contributed by atoms with Gasteiger partial charge < -0.3 is 4.74 Å². The molecule has 120 valence electrons. The van der Waals surface area contributed by atoms with Gasteiger partial charge in [0.1, 0.15) is 5.75 Å². The molecule has 0 atom stereocenters. The van der Waals surface area contributed by atoms with Crippen LogP contribution in [0.4, 0.5) is 0 Å². The minimum absolute atomic E-state index is 0.589. The summed E-state index contributed by atoms with van der Waals surface area (Å²) in [6.07, 6.45) is 0. The number of ether oxygens (including phenoxy) is 1. The molecule has 0 spiro atoms. The Morgan fingerprint density at radius 2 is 1.71 bits per heavy atom. The first-order valence-corrected chi connectivity index (χ1v) is 8.28. The first kappa shape index (κ1) is 16.4. The third-order valence-electron chi connectivity index (χ3n) is 3.79. The van der Waals surface area contributed by atoms with E-state index in [1.807, 2.05) is 44.2 Å². The van der Waals surface area contributed by atoms with Crippen molar-refractivity contribution in [2.24, 2.45) is 0 Å². The Morgan fingerprint density at radius 3 is 2.46 bits per heavy atom. The van der Waals surface area contributed by atoms with Gasteiger partial charge in [-0.3, -0.25) is 0 Å². The highest BCUT2D eigenvalue weighted by Gasteiger charge is 2.16. The Kier molecular flexibility index (Phi) is 4.51. The molecule has 0 saturated carbocycles. The van der Waals surface area contributed by atoms with E-state index < -0.39 is 5.60 Å². The predicted octanol–water partition coefficient (Wildman–Crippen LogP) is 6.01. The van der Waals surface area contributed by atoms with E-state index in [2.05, 4.69) is 49.1 Å². The van der Waals surface area contributed by atoms with Gasteiger partial charge in [0.15, 0.2) is 5.60 Å². The molecule has 0 saturated heterocycles. The van der Waals surface area contributed by atoms with Crippen LogP contribution in [0.15, 0.2) is 60.7 Å². The van der Waals surface area contributed by atoms with Gasteiger partial charge in [0.25, 0.3) is 0 Å². The molecular formula is C22H19ClO. The summed E-state index contributed by atoms with van der Waals surface area (Å²) in [6, 6.07) is 19.9. The van der Waals surface area contributed by atoms with Gasteiger partial charge in [-0.2, -0.15) is 0 Å². The molecular weight excluding hydrogens is 316 g/mol. The van der Waals surface area contributed by atoms with Crippen LogP contribution >= 0.6 is 11.6 Å². The zero-order valence-electron chi connectivity index (χ0n) is 14.1. The second-order valence-electron chi connectivity index (χ2n) is 6.33. The molecule has 0 heterocycles. The van der Waals surface area contributed by atoms with Gasteiger partial charge in [-0.25, -0.2) is 0 Å². The SMILES string of the molecule is Cc1cccc2ccc(C#CC(C)(C)Oc3ccc(Cl)cc3)cc12. The summed E-state index contributed by atoms with van der Waals surface area (Å²) in [7, 11) is 0. The Bertz CT molecular complexity index is 928. The average molecular weight is 335 g/mol. The van der Waals surface area contributed by atoms with Gasteiger partial charge in [0.2, 0.25) is 0 Å². The molecule has 3 rings (SSSR count). The first-order valence-electron chi connectivity index (χ1n) is 7.90. The fraction of sp³-hybridized carbons (Fsp3) is 0.182. The van der Waals surface area contributed by atoms with E-state index in [-0.39, 0.29) is 0 Å². The maximum atomic E-state index is 5.96. The van der Waals surface area contributed by atoms with Crippen LogP contribution in [0.3, 0.4) is 0 Å². The highest BCUT2D eigenvalue weighted by atomic mass is 35.5. The molecule has 3 aromatic carbocycles. The van der Waals surface area contributed by atoms with Crippen molar-refractivity contribution in [1.29, 1.82) is 0 Å². The van der Waals surface area contributed by atoms with E-state index >= 15 is 0 Å². The summed E-state index contributed by atoms with van der Waals surface area (Å²) in [5, 5.41) is 3.16. The van der Waals surface area contributed by atoms with Gasteiger partial charge in [-0.15, -0.1) is 0 Å². The lowest BCUT2D eigenvalue weighted by Crippen LogP contribution is -2.25. The van der Waals surface area contributed by atoms with Gasteiger partial charge in [0, 0.05) is 10.6 Å².